The van der Waals surface area contributed by atoms with E-state index in [1.807, 2.05) is 37.3 Å². The Morgan fingerprint density at radius 1 is 1.09 bits per heavy atom. The zero-order valence-electron chi connectivity index (χ0n) is 12.1. The van der Waals surface area contributed by atoms with Crippen molar-refractivity contribution in [1.82, 2.24) is 5.32 Å². The number of hydrogen-bond acceptors (Lipinski definition) is 1. The number of alkyl halides is 3. The topological polar surface area (TPSA) is 12.0 Å². The van der Waals surface area contributed by atoms with Crippen molar-refractivity contribution in [2.75, 3.05) is 6.54 Å². The van der Waals surface area contributed by atoms with E-state index in [0.717, 1.165) is 11.6 Å². The number of halogens is 4. The van der Waals surface area contributed by atoms with Gasteiger partial charge in [0.1, 0.15) is 0 Å². The molecule has 0 aromatic heterocycles. The molecule has 1 N–H and O–H groups in total. The lowest BCUT2D eigenvalue weighted by Gasteiger charge is -2.23. The summed E-state index contributed by atoms with van der Waals surface area (Å²) in [6.45, 7) is 2.50. The summed E-state index contributed by atoms with van der Waals surface area (Å²) in [6.07, 6.45) is -3.86. The van der Waals surface area contributed by atoms with Crippen molar-refractivity contribution in [3.05, 3.63) is 69.7 Å². The van der Waals surface area contributed by atoms with Gasteiger partial charge in [0.15, 0.2) is 0 Å². The summed E-state index contributed by atoms with van der Waals surface area (Å²) in [6, 6.07) is 13.5. The van der Waals surface area contributed by atoms with Gasteiger partial charge in [0.2, 0.25) is 0 Å². The van der Waals surface area contributed by atoms with Crippen LogP contribution in [-0.4, -0.2) is 6.54 Å². The molecule has 0 fully saturated rings. The van der Waals surface area contributed by atoms with E-state index in [9.17, 15) is 13.2 Å². The Balaban J connectivity index is 2.40. The minimum absolute atomic E-state index is 0.279. The summed E-state index contributed by atoms with van der Waals surface area (Å²) >= 11 is 3.12. The Kier molecular flexibility index (Phi) is 5.64. The zero-order chi connectivity index (χ0) is 16.2. The Labute approximate surface area is 136 Å². The molecule has 2 rings (SSSR count). The number of rotatable bonds is 5. The van der Waals surface area contributed by atoms with Crippen molar-refractivity contribution >= 4 is 15.9 Å². The molecule has 0 heterocycles. The van der Waals surface area contributed by atoms with E-state index in [1.165, 1.54) is 0 Å². The first kappa shape index (κ1) is 17.0. The van der Waals surface area contributed by atoms with Crippen LogP contribution in [0.15, 0.2) is 53.0 Å². The van der Waals surface area contributed by atoms with Crippen LogP contribution in [0, 0.1) is 0 Å². The maximum absolute atomic E-state index is 13.3. The molecule has 0 saturated heterocycles. The maximum Gasteiger partial charge on any atom is 0.416 e. The van der Waals surface area contributed by atoms with Crippen LogP contribution in [0.2, 0.25) is 0 Å². The van der Waals surface area contributed by atoms with E-state index in [0.29, 0.717) is 17.4 Å². The Hall–Kier alpha value is -1.33. The largest absolute Gasteiger partial charge is 0.416 e. The monoisotopic (exact) mass is 371 g/mol. The third kappa shape index (κ3) is 4.34. The number of nitrogens with one attached hydrogen (secondary N) is 1. The summed E-state index contributed by atoms with van der Waals surface area (Å²) in [7, 11) is 0. The summed E-state index contributed by atoms with van der Waals surface area (Å²) in [4.78, 5) is 0. The molecule has 2 aromatic rings. The molecule has 22 heavy (non-hydrogen) atoms. The Bertz CT molecular complexity index is 611. The van der Waals surface area contributed by atoms with Gasteiger partial charge in [0, 0.05) is 10.5 Å². The number of likely N-dealkylation sites (N-methyl/N-ethyl adjacent to an activating group) is 1. The maximum atomic E-state index is 13.3. The minimum Gasteiger partial charge on any atom is -0.310 e. The lowest BCUT2D eigenvalue weighted by Crippen LogP contribution is -2.26. The van der Waals surface area contributed by atoms with Crippen LogP contribution in [0.1, 0.15) is 29.7 Å². The minimum atomic E-state index is -4.37. The zero-order valence-corrected chi connectivity index (χ0v) is 13.7. The van der Waals surface area contributed by atoms with Crippen molar-refractivity contribution in [3.63, 3.8) is 0 Å². The molecule has 0 aliphatic heterocycles. The number of hydrogen-bond donors (Lipinski definition) is 1. The first-order valence-corrected chi connectivity index (χ1v) is 7.85. The Morgan fingerprint density at radius 3 is 2.36 bits per heavy atom. The summed E-state index contributed by atoms with van der Waals surface area (Å²) in [5.74, 6) is 0. The average Bonchev–Trinajstić information content (AvgIpc) is 2.47. The fourth-order valence-corrected chi connectivity index (χ4v) is 2.83. The normalized spacial score (nSPS) is 13.1. The SMILES string of the molecule is CCNC(Cc1ccccc1)c1ccc(Br)cc1C(F)(F)F. The lowest BCUT2D eigenvalue weighted by atomic mass is 9.94. The summed E-state index contributed by atoms with van der Waals surface area (Å²) in [5, 5.41) is 3.16. The van der Waals surface area contributed by atoms with Gasteiger partial charge in [-0.3, -0.25) is 0 Å². The fourth-order valence-electron chi connectivity index (χ4n) is 2.47. The van der Waals surface area contributed by atoms with Crippen LogP contribution in [0.5, 0.6) is 0 Å². The van der Waals surface area contributed by atoms with Crippen LogP contribution in [-0.2, 0) is 12.6 Å². The molecule has 1 atom stereocenters. The van der Waals surface area contributed by atoms with Crippen molar-refractivity contribution in [3.8, 4) is 0 Å². The second-order valence-electron chi connectivity index (χ2n) is 5.03. The van der Waals surface area contributed by atoms with Crippen molar-refractivity contribution in [1.29, 1.82) is 0 Å². The molecule has 0 amide bonds. The van der Waals surface area contributed by atoms with Gasteiger partial charge in [-0.15, -0.1) is 0 Å². The first-order chi connectivity index (χ1) is 10.4. The predicted octanol–water partition coefficient (Wildman–Crippen LogP) is 5.36. The Morgan fingerprint density at radius 2 is 1.77 bits per heavy atom. The highest BCUT2D eigenvalue weighted by Crippen LogP contribution is 2.37. The first-order valence-electron chi connectivity index (χ1n) is 7.05. The van der Waals surface area contributed by atoms with Crippen LogP contribution < -0.4 is 5.32 Å². The smallest absolute Gasteiger partial charge is 0.310 e. The van der Waals surface area contributed by atoms with Crippen molar-refractivity contribution < 1.29 is 13.2 Å². The van der Waals surface area contributed by atoms with Gasteiger partial charge in [0.25, 0.3) is 0 Å². The van der Waals surface area contributed by atoms with Gasteiger partial charge in [-0.1, -0.05) is 59.3 Å². The van der Waals surface area contributed by atoms with E-state index in [2.05, 4.69) is 21.2 Å². The standard InChI is InChI=1S/C17H17BrF3N/c1-2-22-16(10-12-6-4-3-5-7-12)14-9-8-13(18)11-15(14)17(19,20)21/h3-9,11,16,22H,2,10H2,1H3. The van der Waals surface area contributed by atoms with Crippen LogP contribution in [0.4, 0.5) is 13.2 Å². The molecule has 5 heteroatoms. The third-order valence-corrected chi connectivity index (χ3v) is 3.92. The number of benzene rings is 2. The molecular formula is C17H17BrF3N. The highest BCUT2D eigenvalue weighted by molar-refractivity contribution is 9.10. The molecule has 1 unspecified atom stereocenters. The highest BCUT2D eigenvalue weighted by Gasteiger charge is 2.35. The van der Waals surface area contributed by atoms with Gasteiger partial charge in [0.05, 0.1) is 5.56 Å². The molecule has 0 spiro atoms. The van der Waals surface area contributed by atoms with Crippen LogP contribution in [0.25, 0.3) is 0 Å². The van der Waals surface area contributed by atoms with Gasteiger partial charge in [-0.2, -0.15) is 13.2 Å². The molecule has 0 bridgehead atoms. The molecular weight excluding hydrogens is 355 g/mol. The predicted molar refractivity (Wildman–Crippen MR) is 85.7 cm³/mol. The fraction of sp³-hybridized carbons (Fsp3) is 0.294. The molecule has 0 saturated carbocycles. The van der Waals surface area contributed by atoms with Gasteiger partial charge < -0.3 is 5.32 Å². The van der Waals surface area contributed by atoms with Gasteiger partial charge >= 0.3 is 6.18 Å². The van der Waals surface area contributed by atoms with E-state index < -0.39 is 11.7 Å². The molecule has 2 aromatic carbocycles. The lowest BCUT2D eigenvalue weighted by molar-refractivity contribution is -0.138. The molecule has 0 radical (unpaired) electrons. The second-order valence-corrected chi connectivity index (χ2v) is 5.94. The molecule has 118 valence electrons. The highest BCUT2D eigenvalue weighted by atomic mass is 79.9. The van der Waals surface area contributed by atoms with Crippen LogP contribution >= 0.6 is 15.9 Å². The van der Waals surface area contributed by atoms with Gasteiger partial charge in [-0.05, 0) is 36.2 Å². The quantitative estimate of drug-likeness (QED) is 0.745. The van der Waals surface area contributed by atoms with Crippen molar-refractivity contribution in [2.24, 2.45) is 0 Å². The van der Waals surface area contributed by atoms with Crippen LogP contribution in [0.3, 0.4) is 0 Å². The van der Waals surface area contributed by atoms with E-state index >= 15 is 0 Å². The van der Waals surface area contributed by atoms with E-state index in [1.54, 1.807) is 12.1 Å². The average molecular weight is 372 g/mol. The van der Waals surface area contributed by atoms with E-state index in [4.69, 9.17) is 0 Å². The molecule has 1 nitrogen and oxygen atoms in total. The summed E-state index contributed by atoms with van der Waals surface area (Å²) in [5.41, 5.74) is 0.689. The van der Waals surface area contributed by atoms with E-state index in [-0.39, 0.29) is 11.6 Å². The second kappa shape index (κ2) is 7.29. The molecule has 0 aliphatic rings. The van der Waals surface area contributed by atoms with Crippen molar-refractivity contribution in [2.45, 2.75) is 25.6 Å². The third-order valence-electron chi connectivity index (χ3n) is 3.43. The molecule has 0 aliphatic carbocycles. The summed E-state index contributed by atoms with van der Waals surface area (Å²) < 4.78 is 40.4. The van der Waals surface area contributed by atoms with Gasteiger partial charge in [-0.25, -0.2) is 0 Å².